The standard InChI is InChI=1S/C15H18BrF2N/c1-9-3-10(2)5-11(4-9)8-19-15-7-13(17)12(16)6-14(15)18/h3,6-7,9,11,19H,4-5,8H2,1-2H3. The summed E-state index contributed by atoms with van der Waals surface area (Å²) >= 11 is 2.97. The van der Waals surface area contributed by atoms with Crippen molar-refractivity contribution in [1.82, 2.24) is 0 Å². The molecule has 0 bridgehead atoms. The first-order valence-electron chi connectivity index (χ1n) is 6.51. The van der Waals surface area contributed by atoms with E-state index in [1.807, 2.05) is 0 Å². The fourth-order valence-electron chi connectivity index (χ4n) is 2.75. The van der Waals surface area contributed by atoms with Gasteiger partial charge in [-0.1, -0.05) is 18.6 Å². The first-order valence-corrected chi connectivity index (χ1v) is 7.30. The number of anilines is 1. The van der Waals surface area contributed by atoms with Crippen LogP contribution in [0.3, 0.4) is 0 Å². The first-order chi connectivity index (χ1) is 8.95. The minimum Gasteiger partial charge on any atom is -0.382 e. The smallest absolute Gasteiger partial charge is 0.147 e. The molecule has 0 amide bonds. The fraction of sp³-hybridized carbons (Fsp3) is 0.467. The number of hydrogen-bond acceptors (Lipinski definition) is 1. The highest BCUT2D eigenvalue weighted by molar-refractivity contribution is 9.10. The summed E-state index contributed by atoms with van der Waals surface area (Å²) in [7, 11) is 0. The second kappa shape index (κ2) is 6.04. The minimum atomic E-state index is -0.447. The van der Waals surface area contributed by atoms with Crippen LogP contribution in [0.4, 0.5) is 14.5 Å². The number of hydrogen-bond donors (Lipinski definition) is 1. The molecule has 2 rings (SSSR count). The normalized spacial score (nSPS) is 23.1. The molecule has 0 radical (unpaired) electrons. The molecule has 1 N–H and O–H groups in total. The van der Waals surface area contributed by atoms with Gasteiger partial charge < -0.3 is 5.32 Å². The maximum Gasteiger partial charge on any atom is 0.147 e. The van der Waals surface area contributed by atoms with Crippen LogP contribution >= 0.6 is 15.9 Å². The summed E-state index contributed by atoms with van der Waals surface area (Å²) in [5.74, 6) is 0.166. The second-order valence-electron chi connectivity index (χ2n) is 5.42. The van der Waals surface area contributed by atoms with Gasteiger partial charge >= 0.3 is 0 Å². The fourth-order valence-corrected chi connectivity index (χ4v) is 3.07. The lowest BCUT2D eigenvalue weighted by Crippen LogP contribution is -2.20. The van der Waals surface area contributed by atoms with Gasteiger partial charge in [-0.3, -0.25) is 0 Å². The molecule has 2 atom stereocenters. The number of rotatable bonds is 3. The van der Waals surface area contributed by atoms with Crippen molar-refractivity contribution in [3.05, 3.63) is 39.9 Å². The van der Waals surface area contributed by atoms with Gasteiger partial charge in [0.15, 0.2) is 0 Å². The highest BCUT2D eigenvalue weighted by Crippen LogP contribution is 2.29. The molecular formula is C15H18BrF2N. The van der Waals surface area contributed by atoms with E-state index in [4.69, 9.17) is 0 Å². The van der Waals surface area contributed by atoms with E-state index in [1.165, 1.54) is 11.6 Å². The first kappa shape index (κ1) is 14.5. The molecule has 2 unspecified atom stereocenters. The molecule has 104 valence electrons. The lowest BCUT2D eigenvalue weighted by molar-refractivity contribution is 0.420. The van der Waals surface area contributed by atoms with Crippen LogP contribution in [0.2, 0.25) is 0 Å². The van der Waals surface area contributed by atoms with Crippen molar-refractivity contribution in [2.45, 2.75) is 26.7 Å². The topological polar surface area (TPSA) is 12.0 Å². The summed E-state index contributed by atoms with van der Waals surface area (Å²) in [4.78, 5) is 0. The highest BCUT2D eigenvalue weighted by Gasteiger charge is 2.18. The van der Waals surface area contributed by atoms with Crippen LogP contribution in [0.5, 0.6) is 0 Å². The van der Waals surface area contributed by atoms with E-state index in [9.17, 15) is 8.78 Å². The van der Waals surface area contributed by atoms with Crippen LogP contribution in [-0.2, 0) is 0 Å². The SMILES string of the molecule is CC1=CC(C)CC(CNc2cc(F)c(Br)cc2F)C1. The predicted octanol–water partition coefficient (Wildman–Crippen LogP) is 5.13. The maximum absolute atomic E-state index is 13.7. The number of allylic oxidation sites excluding steroid dienone is 2. The Balaban J connectivity index is 2.00. The Kier molecular flexibility index (Phi) is 4.61. The summed E-state index contributed by atoms with van der Waals surface area (Å²) in [5, 5.41) is 3.03. The zero-order valence-corrected chi connectivity index (χ0v) is 12.7. The van der Waals surface area contributed by atoms with Gasteiger partial charge in [0.1, 0.15) is 11.6 Å². The molecule has 4 heteroatoms. The van der Waals surface area contributed by atoms with Crippen molar-refractivity contribution in [1.29, 1.82) is 0 Å². The van der Waals surface area contributed by atoms with Gasteiger partial charge in [-0.25, -0.2) is 8.78 Å². The van der Waals surface area contributed by atoms with E-state index < -0.39 is 11.6 Å². The van der Waals surface area contributed by atoms with Crippen LogP contribution < -0.4 is 5.32 Å². The van der Waals surface area contributed by atoms with E-state index >= 15 is 0 Å². The van der Waals surface area contributed by atoms with Crippen molar-refractivity contribution >= 4 is 21.6 Å². The number of benzene rings is 1. The summed E-state index contributed by atoms with van der Waals surface area (Å²) in [5.41, 5.74) is 1.62. The molecule has 0 spiro atoms. The van der Waals surface area contributed by atoms with Crippen LogP contribution in [0, 0.1) is 23.5 Å². The Labute approximate surface area is 121 Å². The van der Waals surface area contributed by atoms with Gasteiger partial charge in [0.05, 0.1) is 10.2 Å². The van der Waals surface area contributed by atoms with Crippen LogP contribution in [0.15, 0.2) is 28.3 Å². The lowest BCUT2D eigenvalue weighted by Gasteiger charge is -2.26. The Hall–Kier alpha value is -0.900. The van der Waals surface area contributed by atoms with E-state index in [0.717, 1.165) is 18.9 Å². The molecule has 0 aromatic heterocycles. The van der Waals surface area contributed by atoms with Crippen molar-refractivity contribution in [2.75, 3.05) is 11.9 Å². The lowest BCUT2D eigenvalue weighted by atomic mass is 9.84. The Morgan fingerprint density at radius 3 is 2.74 bits per heavy atom. The van der Waals surface area contributed by atoms with Gasteiger partial charge in [0.2, 0.25) is 0 Å². The molecule has 0 saturated heterocycles. The molecule has 1 aromatic rings. The monoisotopic (exact) mass is 329 g/mol. The summed E-state index contributed by atoms with van der Waals surface area (Å²) < 4.78 is 27.2. The third kappa shape index (κ3) is 3.78. The van der Waals surface area contributed by atoms with E-state index in [2.05, 4.69) is 41.2 Å². The summed E-state index contributed by atoms with van der Waals surface area (Å²) in [6.07, 6.45) is 4.40. The number of nitrogens with one attached hydrogen (secondary N) is 1. The van der Waals surface area contributed by atoms with Crippen LogP contribution in [0.1, 0.15) is 26.7 Å². The highest BCUT2D eigenvalue weighted by atomic mass is 79.9. The van der Waals surface area contributed by atoms with Gasteiger partial charge in [-0.05, 0) is 53.6 Å². The average molecular weight is 330 g/mol. The molecule has 0 aliphatic heterocycles. The van der Waals surface area contributed by atoms with Crippen molar-refractivity contribution < 1.29 is 8.78 Å². The van der Waals surface area contributed by atoms with Crippen LogP contribution in [0.25, 0.3) is 0 Å². The van der Waals surface area contributed by atoms with Crippen LogP contribution in [-0.4, -0.2) is 6.54 Å². The predicted molar refractivity (Wildman–Crippen MR) is 78.2 cm³/mol. The molecule has 1 aromatic carbocycles. The zero-order chi connectivity index (χ0) is 14.0. The third-order valence-corrected chi connectivity index (χ3v) is 4.08. The largest absolute Gasteiger partial charge is 0.382 e. The Morgan fingerprint density at radius 1 is 1.32 bits per heavy atom. The van der Waals surface area contributed by atoms with E-state index in [1.54, 1.807) is 0 Å². The van der Waals surface area contributed by atoms with Crippen molar-refractivity contribution in [3.8, 4) is 0 Å². The van der Waals surface area contributed by atoms with E-state index in [0.29, 0.717) is 18.4 Å². The second-order valence-corrected chi connectivity index (χ2v) is 6.28. The van der Waals surface area contributed by atoms with Gasteiger partial charge in [-0.2, -0.15) is 0 Å². The van der Waals surface area contributed by atoms with Gasteiger partial charge in [0.25, 0.3) is 0 Å². The average Bonchev–Trinajstić information content (AvgIpc) is 2.31. The number of halogens is 3. The Bertz CT molecular complexity index is 499. The summed E-state index contributed by atoms with van der Waals surface area (Å²) in [6, 6.07) is 2.36. The third-order valence-electron chi connectivity index (χ3n) is 3.48. The molecule has 0 saturated carbocycles. The molecule has 1 aliphatic rings. The molecule has 0 fully saturated rings. The molecular weight excluding hydrogens is 312 g/mol. The molecule has 0 heterocycles. The van der Waals surface area contributed by atoms with E-state index in [-0.39, 0.29) is 10.2 Å². The van der Waals surface area contributed by atoms with Gasteiger partial charge in [0, 0.05) is 12.6 Å². The minimum absolute atomic E-state index is 0.153. The zero-order valence-electron chi connectivity index (χ0n) is 11.1. The van der Waals surface area contributed by atoms with Gasteiger partial charge in [-0.15, -0.1) is 0 Å². The summed E-state index contributed by atoms with van der Waals surface area (Å²) in [6.45, 7) is 4.99. The van der Waals surface area contributed by atoms with Crippen molar-refractivity contribution in [2.24, 2.45) is 11.8 Å². The molecule has 1 nitrogen and oxygen atoms in total. The maximum atomic E-state index is 13.7. The molecule has 19 heavy (non-hydrogen) atoms. The quantitative estimate of drug-likeness (QED) is 0.598. The Morgan fingerprint density at radius 2 is 2.05 bits per heavy atom. The molecule has 1 aliphatic carbocycles. The van der Waals surface area contributed by atoms with Crippen molar-refractivity contribution in [3.63, 3.8) is 0 Å².